The minimum atomic E-state index is 0.0226. The van der Waals surface area contributed by atoms with Gasteiger partial charge in [0.05, 0.1) is 0 Å². The van der Waals surface area contributed by atoms with Gasteiger partial charge in [0.2, 0.25) is 0 Å². The molecule has 2 rings (SSSR count). The van der Waals surface area contributed by atoms with Gasteiger partial charge in [-0.3, -0.25) is 4.79 Å². The largest absolute Gasteiger partial charge is 0.399 e. The molecule has 1 saturated carbocycles. The van der Waals surface area contributed by atoms with Crippen molar-refractivity contribution in [1.82, 2.24) is 5.32 Å². The second-order valence-electron chi connectivity index (χ2n) is 6.16. The number of carbonyl (C=O) groups is 1. The van der Waals surface area contributed by atoms with E-state index in [9.17, 15) is 4.79 Å². The van der Waals surface area contributed by atoms with Gasteiger partial charge in [0, 0.05) is 17.3 Å². The van der Waals surface area contributed by atoms with Crippen molar-refractivity contribution in [3.8, 4) is 0 Å². The van der Waals surface area contributed by atoms with Crippen molar-refractivity contribution in [3.63, 3.8) is 0 Å². The molecule has 1 aliphatic carbocycles. The zero-order valence-corrected chi connectivity index (χ0v) is 12.1. The number of rotatable bonds is 2. The third-order valence-electron chi connectivity index (χ3n) is 4.05. The third-order valence-corrected chi connectivity index (χ3v) is 4.05. The van der Waals surface area contributed by atoms with Gasteiger partial charge in [0.1, 0.15) is 0 Å². The summed E-state index contributed by atoms with van der Waals surface area (Å²) in [4.78, 5) is 12.2. The summed E-state index contributed by atoms with van der Waals surface area (Å²) in [6, 6.07) is 5.77. The van der Waals surface area contributed by atoms with E-state index in [4.69, 9.17) is 5.73 Å². The van der Waals surface area contributed by atoms with Crippen LogP contribution in [0.15, 0.2) is 18.2 Å². The average Bonchev–Trinajstić information content (AvgIpc) is 2.31. The Bertz CT molecular complexity index is 460. The number of aryl methyl sites for hydroxylation is 1. The lowest BCUT2D eigenvalue weighted by molar-refractivity contribution is 0.0911. The molecule has 3 N–H and O–H groups in total. The van der Waals surface area contributed by atoms with Gasteiger partial charge in [-0.1, -0.05) is 13.8 Å². The Morgan fingerprint density at radius 3 is 2.42 bits per heavy atom. The van der Waals surface area contributed by atoms with E-state index in [2.05, 4.69) is 19.2 Å². The van der Waals surface area contributed by atoms with E-state index >= 15 is 0 Å². The van der Waals surface area contributed by atoms with Crippen LogP contribution < -0.4 is 11.1 Å². The van der Waals surface area contributed by atoms with Gasteiger partial charge in [-0.15, -0.1) is 0 Å². The molecule has 0 aromatic heterocycles. The highest BCUT2D eigenvalue weighted by Gasteiger charge is 2.25. The lowest BCUT2D eigenvalue weighted by Crippen LogP contribution is -2.40. The molecule has 19 heavy (non-hydrogen) atoms. The maximum atomic E-state index is 12.2. The topological polar surface area (TPSA) is 55.1 Å². The standard InChI is InChI=1S/C16H24N2O/c1-10-6-11(2)8-14(7-10)18-16(19)13-4-5-15(17)12(3)9-13/h4-5,9-11,14H,6-8,17H2,1-3H3,(H,18,19). The molecule has 0 radical (unpaired) electrons. The zero-order valence-electron chi connectivity index (χ0n) is 12.1. The lowest BCUT2D eigenvalue weighted by atomic mass is 9.80. The molecule has 0 spiro atoms. The first-order valence-electron chi connectivity index (χ1n) is 7.12. The second kappa shape index (κ2) is 5.64. The number of nitrogens with two attached hydrogens (primary N) is 1. The number of nitrogens with one attached hydrogen (secondary N) is 1. The number of amides is 1. The molecule has 3 heteroatoms. The van der Waals surface area contributed by atoms with Crippen LogP contribution in [0.1, 0.15) is 49.0 Å². The molecular weight excluding hydrogens is 236 g/mol. The molecule has 3 nitrogen and oxygen atoms in total. The minimum absolute atomic E-state index is 0.0226. The van der Waals surface area contributed by atoms with Crippen LogP contribution in [0.25, 0.3) is 0 Å². The van der Waals surface area contributed by atoms with E-state index in [1.165, 1.54) is 6.42 Å². The van der Waals surface area contributed by atoms with Crippen LogP contribution in [-0.2, 0) is 0 Å². The van der Waals surface area contributed by atoms with Crippen molar-refractivity contribution >= 4 is 11.6 Å². The molecule has 2 unspecified atom stereocenters. The van der Waals surface area contributed by atoms with Crippen molar-refractivity contribution in [1.29, 1.82) is 0 Å². The fourth-order valence-electron chi connectivity index (χ4n) is 3.15. The molecule has 0 aliphatic heterocycles. The molecule has 0 bridgehead atoms. The molecule has 2 atom stereocenters. The summed E-state index contributed by atoms with van der Waals surface area (Å²) in [7, 11) is 0. The van der Waals surface area contributed by atoms with Crippen LogP contribution in [0.4, 0.5) is 5.69 Å². The highest BCUT2D eigenvalue weighted by molar-refractivity contribution is 5.95. The summed E-state index contributed by atoms with van der Waals surface area (Å²) in [5, 5.41) is 3.16. The van der Waals surface area contributed by atoms with Crippen LogP contribution in [0.5, 0.6) is 0 Å². The number of carbonyl (C=O) groups excluding carboxylic acids is 1. The summed E-state index contributed by atoms with van der Waals surface area (Å²) >= 11 is 0. The molecule has 104 valence electrons. The molecule has 1 aliphatic rings. The number of hydrogen-bond acceptors (Lipinski definition) is 2. The Hall–Kier alpha value is -1.51. The van der Waals surface area contributed by atoms with Crippen LogP contribution in [0, 0.1) is 18.8 Å². The van der Waals surface area contributed by atoms with Crippen LogP contribution in [-0.4, -0.2) is 11.9 Å². The number of benzene rings is 1. The van der Waals surface area contributed by atoms with Gasteiger partial charge in [-0.2, -0.15) is 0 Å². The average molecular weight is 260 g/mol. The molecule has 0 heterocycles. The van der Waals surface area contributed by atoms with Crippen LogP contribution in [0.3, 0.4) is 0 Å². The fraction of sp³-hybridized carbons (Fsp3) is 0.562. The number of hydrogen-bond donors (Lipinski definition) is 2. The first-order chi connectivity index (χ1) is 8.95. The highest BCUT2D eigenvalue weighted by Crippen LogP contribution is 2.28. The van der Waals surface area contributed by atoms with Gasteiger partial charge in [-0.05, 0) is 61.8 Å². The van der Waals surface area contributed by atoms with Crippen molar-refractivity contribution in [3.05, 3.63) is 29.3 Å². The van der Waals surface area contributed by atoms with Crippen molar-refractivity contribution in [2.24, 2.45) is 11.8 Å². The first kappa shape index (κ1) is 13.9. The Balaban J connectivity index is 2.02. The second-order valence-corrected chi connectivity index (χ2v) is 6.16. The zero-order chi connectivity index (χ0) is 14.0. The van der Waals surface area contributed by atoms with Gasteiger partial charge >= 0.3 is 0 Å². The van der Waals surface area contributed by atoms with Crippen LogP contribution in [0.2, 0.25) is 0 Å². The molecule has 1 aromatic rings. The molecule has 0 saturated heterocycles. The van der Waals surface area contributed by atoms with Crippen molar-refractivity contribution in [2.75, 3.05) is 5.73 Å². The van der Waals surface area contributed by atoms with E-state index in [1.54, 1.807) is 12.1 Å². The van der Waals surface area contributed by atoms with E-state index < -0.39 is 0 Å². The molecule has 1 aromatic carbocycles. The Labute approximate surface area is 115 Å². The van der Waals surface area contributed by atoms with Crippen molar-refractivity contribution in [2.45, 2.75) is 46.1 Å². The number of nitrogen functional groups attached to an aromatic ring is 1. The lowest BCUT2D eigenvalue weighted by Gasteiger charge is -2.32. The fourth-order valence-corrected chi connectivity index (χ4v) is 3.15. The van der Waals surface area contributed by atoms with E-state index in [1.807, 2.05) is 13.0 Å². The summed E-state index contributed by atoms with van der Waals surface area (Å²) in [5.74, 6) is 1.42. The Morgan fingerprint density at radius 2 is 1.84 bits per heavy atom. The van der Waals surface area contributed by atoms with Crippen molar-refractivity contribution < 1.29 is 4.79 Å². The maximum Gasteiger partial charge on any atom is 0.251 e. The van der Waals surface area contributed by atoms with Crippen LogP contribution >= 0.6 is 0 Å². The molecule has 1 fully saturated rings. The van der Waals surface area contributed by atoms with Gasteiger partial charge in [-0.25, -0.2) is 0 Å². The third kappa shape index (κ3) is 3.49. The SMILES string of the molecule is Cc1cc(C(=O)NC2CC(C)CC(C)C2)ccc1N. The highest BCUT2D eigenvalue weighted by atomic mass is 16.1. The Morgan fingerprint density at radius 1 is 1.21 bits per heavy atom. The quantitative estimate of drug-likeness (QED) is 0.803. The molecule has 1 amide bonds. The smallest absolute Gasteiger partial charge is 0.251 e. The van der Waals surface area contributed by atoms with Gasteiger partial charge < -0.3 is 11.1 Å². The predicted octanol–water partition coefficient (Wildman–Crippen LogP) is 3.13. The van der Waals surface area contributed by atoms with Gasteiger partial charge in [0.25, 0.3) is 5.91 Å². The summed E-state index contributed by atoms with van der Waals surface area (Å²) in [6.07, 6.45) is 3.45. The minimum Gasteiger partial charge on any atom is -0.399 e. The monoisotopic (exact) mass is 260 g/mol. The summed E-state index contributed by atoms with van der Waals surface area (Å²) in [6.45, 7) is 6.46. The maximum absolute atomic E-state index is 12.2. The van der Waals surface area contributed by atoms with Gasteiger partial charge in [0.15, 0.2) is 0 Å². The Kier molecular flexibility index (Phi) is 4.13. The van der Waals surface area contributed by atoms with E-state index in [-0.39, 0.29) is 5.91 Å². The number of anilines is 1. The first-order valence-corrected chi connectivity index (χ1v) is 7.12. The van der Waals surface area contributed by atoms with E-state index in [0.29, 0.717) is 23.4 Å². The van der Waals surface area contributed by atoms with E-state index in [0.717, 1.165) is 24.1 Å². The normalized spacial score (nSPS) is 27.0. The summed E-state index contributed by atoms with van der Waals surface area (Å²) < 4.78 is 0. The molecular formula is C16H24N2O. The summed E-state index contributed by atoms with van der Waals surface area (Å²) in [5.41, 5.74) is 8.17. The predicted molar refractivity (Wildman–Crippen MR) is 79.0 cm³/mol.